The van der Waals surface area contributed by atoms with Gasteiger partial charge >= 0.3 is 6.18 Å². The summed E-state index contributed by atoms with van der Waals surface area (Å²) < 4.78 is 73.4. The summed E-state index contributed by atoms with van der Waals surface area (Å²) in [4.78, 5) is 12.8. The normalized spacial score (nSPS) is 11.6. The minimum absolute atomic E-state index is 0.0827. The van der Waals surface area contributed by atoms with Crippen LogP contribution in [0, 0.1) is 0 Å². The van der Waals surface area contributed by atoms with Crippen LogP contribution >= 0.6 is 34.8 Å². The summed E-state index contributed by atoms with van der Waals surface area (Å²) >= 11 is 18.1. The highest BCUT2D eigenvalue weighted by atomic mass is 35.5. The van der Waals surface area contributed by atoms with E-state index in [0.717, 1.165) is 18.2 Å². The van der Waals surface area contributed by atoms with Crippen molar-refractivity contribution >= 4 is 62.1 Å². The van der Waals surface area contributed by atoms with E-state index in [1.54, 1.807) is 24.3 Å². The first kappa shape index (κ1) is 28.6. The van der Waals surface area contributed by atoms with Gasteiger partial charge in [0.2, 0.25) is 0 Å². The Labute approximate surface area is 236 Å². The molecule has 0 bridgehead atoms. The number of para-hydroxylation sites is 1. The Morgan fingerprint density at radius 2 is 1.49 bits per heavy atom. The van der Waals surface area contributed by atoms with Gasteiger partial charge in [-0.25, -0.2) is 8.42 Å². The Morgan fingerprint density at radius 3 is 2.15 bits per heavy atom. The van der Waals surface area contributed by atoms with Gasteiger partial charge in [-0.1, -0.05) is 46.9 Å². The Balaban J connectivity index is 1.57. The second-order valence-electron chi connectivity index (χ2n) is 7.95. The van der Waals surface area contributed by atoms with Gasteiger partial charge in [-0.15, -0.1) is 0 Å². The summed E-state index contributed by atoms with van der Waals surface area (Å²) in [5, 5.41) is 2.58. The molecule has 13 heteroatoms. The van der Waals surface area contributed by atoms with E-state index in [1.165, 1.54) is 36.4 Å². The van der Waals surface area contributed by atoms with Gasteiger partial charge in [0.15, 0.2) is 0 Å². The molecule has 0 aliphatic rings. The van der Waals surface area contributed by atoms with Gasteiger partial charge in [0, 0.05) is 5.02 Å². The molecule has 4 rings (SSSR count). The van der Waals surface area contributed by atoms with Gasteiger partial charge in [-0.3, -0.25) is 9.52 Å². The van der Waals surface area contributed by atoms with Crippen LogP contribution < -0.4 is 14.8 Å². The number of amides is 1. The standard InChI is InChI=1S/C26H16Cl3F3N2O4S/c27-16-6-12-22(19(14-16)25(35)33-23-13-15(26(30,31)32)5-11-20(23)28)34-39(36,37)18-9-7-17(8-10-18)38-24-4-2-1-3-21(24)29/h1-14,34H,(H,33,35). The zero-order valence-electron chi connectivity index (χ0n) is 19.4. The van der Waals surface area contributed by atoms with Crippen LogP contribution in [0.1, 0.15) is 15.9 Å². The van der Waals surface area contributed by atoms with Crippen molar-refractivity contribution in [1.29, 1.82) is 0 Å². The van der Waals surface area contributed by atoms with Crippen LogP contribution in [0.3, 0.4) is 0 Å². The molecule has 0 spiro atoms. The number of anilines is 2. The highest BCUT2D eigenvalue weighted by Crippen LogP contribution is 2.35. The zero-order chi connectivity index (χ0) is 28.4. The van der Waals surface area contributed by atoms with Crippen LogP contribution in [0.4, 0.5) is 24.5 Å². The topological polar surface area (TPSA) is 84.5 Å². The molecule has 0 fully saturated rings. The van der Waals surface area contributed by atoms with Crippen LogP contribution in [0.5, 0.6) is 11.5 Å². The lowest BCUT2D eigenvalue weighted by atomic mass is 10.1. The molecule has 6 nitrogen and oxygen atoms in total. The molecule has 0 heterocycles. The fourth-order valence-electron chi connectivity index (χ4n) is 3.33. The van der Waals surface area contributed by atoms with E-state index in [2.05, 4.69) is 10.0 Å². The monoisotopic (exact) mass is 614 g/mol. The number of carbonyl (C=O) groups is 1. The quantitative estimate of drug-likeness (QED) is 0.218. The summed E-state index contributed by atoms with van der Waals surface area (Å²) in [6.07, 6.45) is -4.67. The Morgan fingerprint density at radius 1 is 0.795 bits per heavy atom. The number of carbonyl (C=O) groups excluding carboxylic acids is 1. The molecule has 0 radical (unpaired) electrons. The lowest BCUT2D eigenvalue weighted by Gasteiger charge is -2.15. The number of rotatable bonds is 7. The minimum atomic E-state index is -4.67. The first-order valence-corrected chi connectivity index (χ1v) is 13.5. The molecule has 0 aliphatic heterocycles. The fraction of sp³-hybridized carbons (Fsp3) is 0.0385. The smallest absolute Gasteiger partial charge is 0.416 e. The van der Waals surface area contributed by atoms with Crippen LogP contribution in [0.15, 0.2) is 89.8 Å². The molecule has 2 N–H and O–H groups in total. The van der Waals surface area contributed by atoms with E-state index >= 15 is 0 Å². The van der Waals surface area contributed by atoms with Crippen molar-refractivity contribution in [1.82, 2.24) is 0 Å². The second kappa shape index (κ2) is 11.4. The van der Waals surface area contributed by atoms with Crippen LogP contribution in [0.25, 0.3) is 0 Å². The number of halogens is 6. The summed E-state index contributed by atoms with van der Waals surface area (Å²) in [7, 11) is -4.22. The highest BCUT2D eigenvalue weighted by Gasteiger charge is 2.31. The lowest BCUT2D eigenvalue weighted by molar-refractivity contribution is -0.137. The average molecular weight is 616 g/mol. The summed E-state index contributed by atoms with van der Waals surface area (Å²) in [6, 6.07) is 18.3. The first-order chi connectivity index (χ1) is 18.3. The van der Waals surface area contributed by atoms with Crippen LogP contribution in [0.2, 0.25) is 15.1 Å². The van der Waals surface area contributed by atoms with Crippen molar-refractivity contribution in [2.45, 2.75) is 11.1 Å². The van der Waals surface area contributed by atoms with Crippen molar-refractivity contribution in [2.24, 2.45) is 0 Å². The molecule has 202 valence electrons. The van der Waals surface area contributed by atoms with E-state index in [4.69, 9.17) is 39.5 Å². The predicted octanol–water partition coefficient (Wildman–Crippen LogP) is 8.51. The van der Waals surface area contributed by atoms with Crippen molar-refractivity contribution in [2.75, 3.05) is 10.0 Å². The summed E-state index contributed by atoms with van der Waals surface area (Å²) in [5.74, 6) is -0.239. The lowest BCUT2D eigenvalue weighted by Crippen LogP contribution is -2.19. The molecule has 0 atom stereocenters. The van der Waals surface area contributed by atoms with Crippen LogP contribution in [-0.4, -0.2) is 14.3 Å². The first-order valence-electron chi connectivity index (χ1n) is 10.9. The fourth-order valence-corrected chi connectivity index (χ4v) is 4.92. The van der Waals surface area contributed by atoms with Gasteiger partial charge in [0.05, 0.1) is 37.4 Å². The average Bonchev–Trinajstić information content (AvgIpc) is 2.87. The Bertz CT molecular complexity index is 1650. The highest BCUT2D eigenvalue weighted by molar-refractivity contribution is 7.92. The third kappa shape index (κ3) is 6.96. The van der Waals surface area contributed by atoms with Crippen molar-refractivity contribution < 1.29 is 31.1 Å². The second-order valence-corrected chi connectivity index (χ2v) is 10.9. The zero-order valence-corrected chi connectivity index (χ0v) is 22.5. The molecular formula is C26H16Cl3F3N2O4S. The SMILES string of the molecule is O=C(Nc1cc(C(F)(F)F)ccc1Cl)c1cc(Cl)ccc1NS(=O)(=O)c1ccc(Oc2ccccc2Cl)cc1. The largest absolute Gasteiger partial charge is 0.456 e. The number of hydrogen-bond donors (Lipinski definition) is 2. The van der Waals surface area contributed by atoms with E-state index in [-0.39, 0.29) is 31.9 Å². The van der Waals surface area contributed by atoms with Crippen molar-refractivity contribution in [3.63, 3.8) is 0 Å². The number of alkyl halides is 3. The van der Waals surface area contributed by atoms with E-state index in [0.29, 0.717) is 22.6 Å². The van der Waals surface area contributed by atoms with Gasteiger partial charge in [-0.05, 0) is 72.8 Å². The predicted molar refractivity (Wildman–Crippen MR) is 145 cm³/mol. The maximum Gasteiger partial charge on any atom is 0.416 e. The molecule has 0 aromatic heterocycles. The molecule has 39 heavy (non-hydrogen) atoms. The van der Waals surface area contributed by atoms with Gasteiger partial charge in [-0.2, -0.15) is 13.2 Å². The van der Waals surface area contributed by atoms with Gasteiger partial charge in [0.1, 0.15) is 11.5 Å². The number of nitrogens with one attached hydrogen (secondary N) is 2. The third-order valence-corrected chi connectivity index (χ3v) is 7.47. The molecule has 4 aromatic rings. The molecule has 0 unspecified atom stereocenters. The van der Waals surface area contributed by atoms with E-state index in [1.807, 2.05) is 0 Å². The van der Waals surface area contributed by atoms with E-state index < -0.39 is 27.7 Å². The maximum absolute atomic E-state index is 13.1. The molecule has 0 aliphatic carbocycles. The van der Waals surface area contributed by atoms with E-state index in [9.17, 15) is 26.4 Å². The number of sulfonamides is 1. The Kier molecular flexibility index (Phi) is 8.31. The van der Waals surface area contributed by atoms with Crippen molar-refractivity contribution in [3.8, 4) is 11.5 Å². The summed E-state index contributed by atoms with van der Waals surface area (Å²) in [6.45, 7) is 0. The minimum Gasteiger partial charge on any atom is -0.456 e. The molecule has 1 amide bonds. The number of ether oxygens (including phenoxy) is 1. The molecular weight excluding hydrogens is 600 g/mol. The third-order valence-electron chi connectivity index (χ3n) is 5.21. The maximum atomic E-state index is 13.1. The van der Waals surface area contributed by atoms with Gasteiger partial charge < -0.3 is 10.1 Å². The number of benzene rings is 4. The van der Waals surface area contributed by atoms with Gasteiger partial charge in [0.25, 0.3) is 15.9 Å². The molecule has 4 aromatic carbocycles. The molecule has 0 saturated heterocycles. The van der Waals surface area contributed by atoms with Crippen molar-refractivity contribution in [3.05, 3.63) is 111 Å². The molecule has 0 saturated carbocycles. The summed E-state index contributed by atoms with van der Waals surface area (Å²) in [5.41, 5.74) is -1.77. The Hall–Kier alpha value is -3.44. The van der Waals surface area contributed by atoms with Crippen LogP contribution in [-0.2, 0) is 16.2 Å². The number of hydrogen-bond acceptors (Lipinski definition) is 4.